The quantitative estimate of drug-likeness (QED) is 0.510. The summed E-state index contributed by atoms with van der Waals surface area (Å²) >= 11 is 10.2. The van der Waals surface area contributed by atoms with Crippen LogP contribution >= 0.6 is 22.9 Å². The van der Waals surface area contributed by atoms with E-state index in [4.69, 9.17) is 22.9 Å². The molecule has 0 aromatic carbocycles. The summed E-state index contributed by atoms with van der Waals surface area (Å²) in [5, 5.41) is 0. The summed E-state index contributed by atoms with van der Waals surface area (Å²) in [5.74, 6) is -0.657. The molecule has 4 heteroatoms. The Morgan fingerprint density at radius 2 is 2.17 bits per heavy atom. The molecule has 0 radical (unpaired) electrons. The highest BCUT2D eigenvalue weighted by molar-refractivity contribution is 7.30. The second-order valence-electron chi connectivity index (χ2n) is 0.716. The molecule has 0 spiro atoms. The first-order valence-electron chi connectivity index (χ1n) is 1.67. The molecule has 0 atom stereocenters. The van der Waals surface area contributed by atoms with Crippen LogP contribution in [0.25, 0.3) is 0 Å². The van der Waals surface area contributed by atoms with Crippen molar-refractivity contribution in [3.63, 3.8) is 0 Å². The van der Waals surface area contributed by atoms with Gasteiger partial charge < -0.3 is 4.65 Å². The molecule has 6 heavy (non-hydrogen) atoms. The molecule has 1 nitrogen and oxygen atoms in total. The van der Waals surface area contributed by atoms with Gasteiger partial charge in [0.05, 0.1) is 0 Å². The fraction of sp³-hybridized carbons (Fsp3) is 1.00. The molecule has 0 aliphatic heterocycles. The third-order valence-electron chi connectivity index (χ3n) is 0.293. The van der Waals surface area contributed by atoms with E-state index in [-0.39, 0.29) is 0 Å². The molecule has 0 aliphatic carbocycles. The van der Waals surface area contributed by atoms with Gasteiger partial charge in [-0.05, 0) is 6.92 Å². The zero-order valence-electron chi connectivity index (χ0n) is 3.45. The van der Waals surface area contributed by atoms with Crippen molar-refractivity contribution < 1.29 is 4.65 Å². The molecule has 0 saturated heterocycles. The predicted octanol–water partition coefficient (Wildman–Crippen LogP) is 1.49. The minimum Gasteiger partial charge on any atom is -0.409 e. The Morgan fingerprint density at radius 1 is 1.67 bits per heavy atom. The maximum Gasteiger partial charge on any atom is 0.508 e. The third kappa shape index (κ3) is 4.60. The number of hydrogen-bond acceptors (Lipinski definition) is 1. The molecule has 0 N–H and O–H groups in total. The fourth-order valence-electron chi connectivity index (χ4n) is 0.126. The van der Waals surface area contributed by atoms with E-state index in [2.05, 4.69) is 4.65 Å². The molecular weight excluding hydrogens is 122 g/mol. The summed E-state index contributed by atoms with van der Waals surface area (Å²) in [4.78, 5) is 0. The molecule has 0 aliphatic rings. The second kappa shape index (κ2) is 3.78. The summed E-state index contributed by atoms with van der Waals surface area (Å²) in [6.07, 6.45) is 0. The van der Waals surface area contributed by atoms with Crippen molar-refractivity contribution in [1.82, 2.24) is 0 Å². The highest BCUT2D eigenvalue weighted by Gasteiger charge is 2.01. The van der Waals surface area contributed by atoms with Crippen molar-refractivity contribution in [1.29, 1.82) is 0 Å². The maximum atomic E-state index is 5.12. The first-order valence-corrected chi connectivity index (χ1v) is 2.54. The fourth-order valence-corrected chi connectivity index (χ4v) is 0.378. The van der Waals surface area contributed by atoms with Crippen LogP contribution in [0.5, 0.6) is 0 Å². The minimum atomic E-state index is -0.657. The Balaban J connectivity index is 2.63. The highest BCUT2D eigenvalue weighted by atomic mass is 35.5. The first-order chi connectivity index (χ1) is 2.77. The van der Waals surface area contributed by atoms with Gasteiger partial charge in [0.25, 0.3) is 0 Å². The molecule has 0 unspecified atom stereocenters. The van der Waals surface area contributed by atoms with Gasteiger partial charge in [0.1, 0.15) is 0 Å². The summed E-state index contributed by atoms with van der Waals surface area (Å²) < 4.78 is 4.57. The maximum absolute atomic E-state index is 5.12. The van der Waals surface area contributed by atoms with Gasteiger partial charge in [-0.1, -0.05) is 0 Å². The molecule has 36 valence electrons. The Kier molecular flexibility index (Phi) is 4.16. The largest absolute Gasteiger partial charge is 0.508 e. The van der Waals surface area contributed by atoms with E-state index in [1.807, 2.05) is 6.92 Å². The van der Waals surface area contributed by atoms with Gasteiger partial charge in [0, 0.05) is 6.61 Å². The van der Waals surface area contributed by atoms with Gasteiger partial charge in [-0.2, -0.15) is 0 Å². The van der Waals surface area contributed by atoms with Gasteiger partial charge in [-0.3, -0.25) is 0 Å². The molecule has 0 amide bonds. The van der Waals surface area contributed by atoms with E-state index in [0.717, 1.165) is 0 Å². The number of hydrogen-bond donors (Lipinski definition) is 0. The molecule has 0 fully saturated rings. The molecule has 0 rings (SSSR count). The Morgan fingerprint density at radius 3 is 2.17 bits per heavy atom. The van der Waals surface area contributed by atoms with Crippen LogP contribution < -0.4 is 0 Å². The van der Waals surface area contributed by atoms with Gasteiger partial charge in [-0.25, -0.2) is 0 Å². The van der Waals surface area contributed by atoms with Crippen molar-refractivity contribution in [2.75, 3.05) is 6.61 Å². The zero-order valence-corrected chi connectivity index (χ0v) is 4.96. The Bertz CT molecular complexity index is 32.7. The van der Waals surface area contributed by atoms with Crippen molar-refractivity contribution in [2.24, 2.45) is 0 Å². The van der Waals surface area contributed by atoms with E-state index in [0.29, 0.717) is 6.61 Å². The van der Waals surface area contributed by atoms with Crippen LogP contribution in [0.1, 0.15) is 6.92 Å². The van der Waals surface area contributed by atoms with Crippen molar-refractivity contribution >= 4 is 28.7 Å². The summed E-state index contributed by atoms with van der Waals surface area (Å²) in [7, 11) is 0. The van der Waals surface area contributed by atoms with Crippen LogP contribution in [0.15, 0.2) is 0 Å². The monoisotopic (exact) mass is 126 g/mol. The molecule has 0 aromatic rings. The van der Waals surface area contributed by atoms with Gasteiger partial charge in [0.15, 0.2) is 0 Å². The van der Waals surface area contributed by atoms with E-state index < -0.39 is 5.75 Å². The van der Waals surface area contributed by atoms with Crippen LogP contribution in [0.2, 0.25) is 0 Å². The number of halogens is 2. The Hall–Kier alpha value is 0.605. The van der Waals surface area contributed by atoms with Crippen LogP contribution in [-0.2, 0) is 4.65 Å². The minimum absolute atomic E-state index is 0.567. The summed E-state index contributed by atoms with van der Waals surface area (Å²) in [6, 6.07) is 0. The standard InChI is InChI=1S/C2H5BCl2O/c1-2-6-3(4)5/h2H2,1H3. The smallest absolute Gasteiger partial charge is 0.409 e. The van der Waals surface area contributed by atoms with Gasteiger partial charge in [0.2, 0.25) is 0 Å². The number of rotatable bonds is 2. The molecule has 0 aromatic heterocycles. The topological polar surface area (TPSA) is 9.23 Å². The van der Waals surface area contributed by atoms with Crippen LogP contribution in [0, 0.1) is 0 Å². The van der Waals surface area contributed by atoms with Crippen molar-refractivity contribution in [2.45, 2.75) is 6.92 Å². The first kappa shape index (κ1) is 6.60. The summed E-state index contributed by atoms with van der Waals surface area (Å²) in [6.45, 7) is 2.40. The molecule has 0 bridgehead atoms. The average Bonchev–Trinajstić information content (AvgIpc) is 1.35. The SMILES string of the molecule is CCOB(Cl)Cl. The van der Waals surface area contributed by atoms with Crippen molar-refractivity contribution in [3.8, 4) is 0 Å². The second-order valence-corrected chi connectivity index (χ2v) is 1.73. The van der Waals surface area contributed by atoms with E-state index in [9.17, 15) is 0 Å². The average molecular weight is 127 g/mol. The zero-order chi connectivity index (χ0) is 4.99. The van der Waals surface area contributed by atoms with Crippen LogP contribution in [-0.4, -0.2) is 12.4 Å². The highest BCUT2D eigenvalue weighted by Crippen LogP contribution is 1.94. The third-order valence-corrected chi connectivity index (χ3v) is 0.545. The lowest BCUT2D eigenvalue weighted by Crippen LogP contribution is -1.99. The lowest BCUT2D eigenvalue weighted by Gasteiger charge is -1.90. The van der Waals surface area contributed by atoms with Crippen LogP contribution in [0.3, 0.4) is 0 Å². The lowest BCUT2D eigenvalue weighted by atomic mass is 10.5. The molecule has 0 saturated carbocycles. The molecular formula is C2H5BCl2O. The summed E-state index contributed by atoms with van der Waals surface area (Å²) in [5.41, 5.74) is 0. The lowest BCUT2D eigenvalue weighted by molar-refractivity contribution is 0.366. The van der Waals surface area contributed by atoms with E-state index in [1.54, 1.807) is 0 Å². The predicted molar refractivity (Wildman–Crippen MR) is 29.1 cm³/mol. The van der Waals surface area contributed by atoms with Gasteiger partial charge in [-0.15, -0.1) is 22.9 Å². The normalized spacial score (nSPS) is 8.50. The molecule has 0 heterocycles. The van der Waals surface area contributed by atoms with Crippen molar-refractivity contribution in [3.05, 3.63) is 0 Å². The van der Waals surface area contributed by atoms with Gasteiger partial charge >= 0.3 is 5.75 Å². The Labute approximate surface area is 47.5 Å². The van der Waals surface area contributed by atoms with Crippen LogP contribution in [0.4, 0.5) is 0 Å². The van der Waals surface area contributed by atoms with E-state index >= 15 is 0 Å². The van der Waals surface area contributed by atoms with E-state index in [1.165, 1.54) is 0 Å².